The highest BCUT2D eigenvalue weighted by molar-refractivity contribution is 8.00. The molecule has 2 rings (SSSR count). The zero-order chi connectivity index (χ0) is 10.7. The Labute approximate surface area is 98.8 Å². The molecule has 15 heavy (non-hydrogen) atoms. The van der Waals surface area contributed by atoms with Crippen molar-refractivity contribution in [3.63, 3.8) is 0 Å². The Morgan fingerprint density at radius 1 is 1.13 bits per heavy atom. The van der Waals surface area contributed by atoms with E-state index < -0.39 is 0 Å². The molecule has 1 aliphatic carbocycles. The van der Waals surface area contributed by atoms with Gasteiger partial charge in [0.1, 0.15) is 0 Å². The van der Waals surface area contributed by atoms with Crippen LogP contribution in [0, 0.1) is 11.8 Å². The van der Waals surface area contributed by atoms with Crippen LogP contribution >= 0.6 is 11.8 Å². The van der Waals surface area contributed by atoms with E-state index in [4.69, 9.17) is 0 Å². The van der Waals surface area contributed by atoms with Crippen molar-refractivity contribution < 1.29 is 0 Å². The average molecular weight is 227 g/mol. The van der Waals surface area contributed by atoms with Gasteiger partial charge in [0, 0.05) is 11.3 Å². The summed E-state index contributed by atoms with van der Waals surface area (Å²) in [6.45, 7) is 2.41. The van der Waals surface area contributed by atoms with E-state index in [1.165, 1.54) is 44.3 Å². The first-order chi connectivity index (χ1) is 7.31. The second-order valence-electron chi connectivity index (χ2n) is 5.39. The van der Waals surface area contributed by atoms with E-state index in [1.54, 1.807) is 0 Å². The van der Waals surface area contributed by atoms with Gasteiger partial charge in [-0.15, -0.1) is 0 Å². The van der Waals surface area contributed by atoms with Crippen molar-refractivity contribution in [1.29, 1.82) is 0 Å². The lowest BCUT2D eigenvalue weighted by Gasteiger charge is -2.35. The van der Waals surface area contributed by atoms with Crippen LogP contribution in [-0.2, 0) is 0 Å². The minimum atomic E-state index is 0.796. The van der Waals surface area contributed by atoms with Gasteiger partial charge in [-0.25, -0.2) is 0 Å². The van der Waals surface area contributed by atoms with Gasteiger partial charge >= 0.3 is 0 Å². The van der Waals surface area contributed by atoms with Crippen molar-refractivity contribution in [3.8, 4) is 0 Å². The van der Waals surface area contributed by atoms with Crippen LogP contribution in [0.1, 0.15) is 45.4 Å². The van der Waals surface area contributed by atoms with E-state index in [0.29, 0.717) is 0 Å². The molecule has 2 atom stereocenters. The Kier molecular flexibility index (Phi) is 4.39. The number of hydrogen-bond acceptors (Lipinski definition) is 2. The summed E-state index contributed by atoms with van der Waals surface area (Å²) in [7, 11) is 2.17. The van der Waals surface area contributed by atoms with Gasteiger partial charge in [-0.1, -0.05) is 19.8 Å². The molecule has 0 spiro atoms. The second-order valence-corrected chi connectivity index (χ2v) is 6.73. The highest BCUT2D eigenvalue weighted by Crippen LogP contribution is 2.37. The minimum Gasteiger partial charge on any atom is -0.316 e. The van der Waals surface area contributed by atoms with Gasteiger partial charge < -0.3 is 5.32 Å². The van der Waals surface area contributed by atoms with Gasteiger partial charge in [0.2, 0.25) is 0 Å². The van der Waals surface area contributed by atoms with Crippen LogP contribution in [0.25, 0.3) is 0 Å². The molecule has 2 fully saturated rings. The molecule has 1 saturated heterocycles. The summed E-state index contributed by atoms with van der Waals surface area (Å²) in [5, 5.41) is 4.52. The summed E-state index contributed by atoms with van der Waals surface area (Å²) in [5.41, 5.74) is 0. The van der Waals surface area contributed by atoms with E-state index in [2.05, 4.69) is 31.1 Å². The fourth-order valence-electron chi connectivity index (χ4n) is 3.26. The van der Waals surface area contributed by atoms with Gasteiger partial charge in [-0.05, 0) is 50.3 Å². The van der Waals surface area contributed by atoms with Crippen molar-refractivity contribution in [2.75, 3.05) is 12.8 Å². The molecule has 0 aromatic carbocycles. The summed E-state index contributed by atoms with van der Waals surface area (Å²) in [4.78, 5) is 0. The number of thioether (sulfide) groups is 1. The van der Waals surface area contributed by atoms with Gasteiger partial charge in [0.05, 0.1) is 0 Å². The Hall–Kier alpha value is 0.310. The normalized spacial score (nSPS) is 39.2. The van der Waals surface area contributed by atoms with Crippen molar-refractivity contribution in [1.82, 2.24) is 5.32 Å². The molecule has 1 nitrogen and oxygen atoms in total. The summed E-state index contributed by atoms with van der Waals surface area (Å²) >= 11 is 2.21. The molecule has 0 bridgehead atoms. The van der Waals surface area contributed by atoms with Crippen molar-refractivity contribution in [2.45, 2.75) is 56.7 Å². The molecular formula is C13H25NS. The maximum atomic E-state index is 3.61. The maximum Gasteiger partial charge on any atom is 0.0211 e. The molecule has 0 aromatic heterocycles. The van der Waals surface area contributed by atoms with E-state index in [1.807, 2.05) is 0 Å². The van der Waals surface area contributed by atoms with Crippen LogP contribution in [0.4, 0.5) is 0 Å². The molecule has 88 valence electrons. The molecule has 2 aliphatic rings. The summed E-state index contributed by atoms with van der Waals surface area (Å²) in [6.07, 6.45) is 8.73. The summed E-state index contributed by atoms with van der Waals surface area (Å²) < 4.78 is 0. The first-order valence-electron chi connectivity index (χ1n) is 6.60. The first kappa shape index (κ1) is 11.8. The summed E-state index contributed by atoms with van der Waals surface area (Å²) in [6, 6.07) is 0.796. The Bertz CT molecular complexity index is 181. The quantitative estimate of drug-likeness (QED) is 0.794. The predicted molar refractivity (Wildman–Crippen MR) is 69.4 cm³/mol. The van der Waals surface area contributed by atoms with Crippen LogP contribution in [0.2, 0.25) is 0 Å². The van der Waals surface area contributed by atoms with Gasteiger partial charge in [-0.2, -0.15) is 11.8 Å². The standard InChI is InChI=1S/C13H25NS/c1-10-5-7-11(8-6-10)13(14-2)12-4-3-9-15-12/h10-14H,3-9H2,1-2H3. The van der Waals surface area contributed by atoms with E-state index in [0.717, 1.165) is 23.1 Å². The van der Waals surface area contributed by atoms with E-state index in [-0.39, 0.29) is 0 Å². The lowest BCUT2D eigenvalue weighted by atomic mass is 9.78. The molecule has 0 amide bonds. The molecule has 0 aromatic rings. The Balaban J connectivity index is 1.88. The summed E-state index contributed by atoms with van der Waals surface area (Å²) in [5.74, 6) is 3.34. The Morgan fingerprint density at radius 2 is 1.87 bits per heavy atom. The first-order valence-corrected chi connectivity index (χ1v) is 7.65. The SMILES string of the molecule is CNC(C1CCC(C)CC1)C1CCCS1. The average Bonchev–Trinajstić information content (AvgIpc) is 2.75. The number of nitrogens with one attached hydrogen (secondary N) is 1. The topological polar surface area (TPSA) is 12.0 Å². The third-order valence-electron chi connectivity index (χ3n) is 4.27. The van der Waals surface area contributed by atoms with Crippen molar-refractivity contribution >= 4 is 11.8 Å². The van der Waals surface area contributed by atoms with Crippen LogP contribution in [0.15, 0.2) is 0 Å². The molecule has 2 heteroatoms. The molecule has 1 saturated carbocycles. The third kappa shape index (κ3) is 2.91. The van der Waals surface area contributed by atoms with Crippen LogP contribution in [0.5, 0.6) is 0 Å². The lowest BCUT2D eigenvalue weighted by molar-refractivity contribution is 0.232. The predicted octanol–water partition coefficient (Wildman–Crippen LogP) is 3.30. The van der Waals surface area contributed by atoms with Gasteiger partial charge in [-0.3, -0.25) is 0 Å². The fourth-order valence-corrected chi connectivity index (χ4v) is 4.79. The highest BCUT2D eigenvalue weighted by atomic mass is 32.2. The van der Waals surface area contributed by atoms with Gasteiger partial charge in [0.15, 0.2) is 0 Å². The largest absolute Gasteiger partial charge is 0.316 e. The Morgan fingerprint density at radius 3 is 2.40 bits per heavy atom. The molecule has 2 unspecified atom stereocenters. The monoisotopic (exact) mass is 227 g/mol. The molecule has 0 radical (unpaired) electrons. The van der Waals surface area contributed by atoms with Crippen molar-refractivity contribution in [2.24, 2.45) is 11.8 Å². The zero-order valence-corrected chi connectivity index (χ0v) is 11.0. The minimum absolute atomic E-state index is 0.796. The highest BCUT2D eigenvalue weighted by Gasteiger charge is 2.32. The molecule has 1 aliphatic heterocycles. The van der Waals surface area contributed by atoms with E-state index >= 15 is 0 Å². The maximum absolute atomic E-state index is 3.61. The molecule has 1 heterocycles. The van der Waals surface area contributed by atoms with E-state index in [9.17, 15) is 0 Å². The smallest absolute Gasteiger partial charge is 0.0211 e. The number of rotatable bonds is 3. The second kappa shape index (κ2) is 5.58. The molecular weight excluding hydrogens is 202 g/mol. The van der Waals surface area contributed by atoms with Crippen LogP contribution < -0.4 is 5.32 Å². The van der Waals surface area contributed by atoms with Gasteiger partial charge in [0.25, 0.3) is 0 Å². The third-order valence-corrected chi connectivity index (χ3v) is 5.75. The fraction of sp³-hybridized carbons (Fsp3) is 1.00. The van der Waals surface area contributed by atoms with Crippen LogP contribution in [-0.4, -0.2) is 24.1 Å². The molecule has 1 N–H and O–H groups in total. The van der Waals surface area contributed by atoms with Crippen molar-refractivity contribution in [3.05, 3.63) is 0 Å². The van der Waals surface area contributed by atoms with Crippen LogP contribution in [0.3, 0.4) is 0 Å². The zero-order valence-electron chi connectivity index (χ0n) is 10.2. The lowest BCUT2D eigenvalue weighted by Crippen LogP contribution is -2.42. The number of hydrogen-bond donors (Lipinski definition) is 1.